The number of hydrogen-bond donors (Lipinski definition) is 0. The van der Waals surface area contributed by atoms with Crippen LogP contribution in [0.2, 0.25) is 0 Å². The average molecular weight is 425 g/mol. The van der Waals surface area contributed by atoms with Gasteiger partial charge < -0.3 is 4.57 Å². The van der Waals surface area contributed by atoms with Gasteiger partial charge in [-0.1, -0.05) is 0 Å². The number of benzene rings is 1. The minimum absolute atomic E-state index is 0.172. The first-order valence-electron chi connectivity index (χ1n) is 6.67. The molecule has 108 valence electrons. The van der Waals surface area contributed by atoms with Crippen molar-refractivity contribution in [2.75, 3.05) is 5.75 Å². The molecule has 6 heteroatoms. The highest BCUT2D eigenvalue weighted by molar-refractivity contribution is 14.1. The first-order chi connectivity index (χ1) is 9.56. The van der Waals surface area contributed by atoms with Gasteiger partial charge in [0.1, 0.15) is 11.6 Å². The molecule has 1 aliphatic rings. The third-order valence-corrected chi connectivity index (χ3v) is 5.99. The van der Waals surface area contributed by atoms with Gasteiger partial charge in [0.15, 0.2) is 0 Å². The molecule has 2 heterocycles. The van der Waals surface area contributed by atoms with Crippen LogP contribution in [0.1, 0.15) is 31.0 Å². The highest BCUT2D eigenvalue weighted by Gasteiger charge is 2.22. The molecule has 0 N–H and O–H groups in total. The second kappa shape index (κ2) is 6.01. The number of thioether (sulfide) groups is 1. The number of hydrogen-bond acceptors (Lipinski definition) is 2. The molecule has 0 amide bonds. The van der Waals surface area contributed by atoms with E-state index in [-0.39, 0.29) is 11.2 Å². The van der Waals surface area contributed by atoms with Crippen LogP contribution in [-0.2, 0) is 6.54 Å². The van der Waals surface area contributed by atoms with Gasteiger partial charge in [-0.3, -0.25) is 0 Å². The molecule has 2 aromatic rings. The Hall–Kier alpha value is -0.0100. The van der Waals surface area contributed by atoms with E-state index in [9.17, 15) is 4.39 Å². The van der Waals surface area contributed by atoms with Gasteiger partial charge in [-0.25, -0.2) is 9.37 Å². The Bertz CT molecular complexity index is 638. The van der Waals surface area contributed by atoms with Crippen molar-refractivity contribution in [1.82, 2.24) is 9.55 Å². The predicted octanol–water partition coefficient (Wildman–Crippen LogP) is 4.98. The zero-order valence-corrected chi connectivity index (χ0v) is 14.8. The van der Waals surface area contributed by atoms with Crippen LogP contribution >= 0.6 is 46.0 Å². The summed E-state index contributed by atoms with van der Waals surface area (Å²) < 4.78 is 16.6. The van der Waals surface area contributed by atoms with E-state index in [1.807, 2.05) is 41.3 Å². The van der Waals surface area contributed by atoms with Crippen LogP contribution in [-0.4, -0.2) is 20.6 Å². The zero-order valence-electron chi connectivity index (χ0n) is 11.1. The van der Waals surface area contributed by atoms with Gasteiger partial charge in [0.2, 0.25) is 0 Å². The molecule has 1 aromatic heterocycles. The van der Waals surface area contributed by atoms with Crippen molar-refractivity contribution >= 4 is 57.0 Å². The van der Waals surface area contributed by atoms with Gasteiger partial charge in [0.05, 0.1) is 20.0 Å². The fourth-order valence-electron chi connectivity index (χ4n) is 2.63. The summed E-state index contributed by atoms with van der Waals surface area (Å²) in [4.78, 5) is 4.61. The van der Waals surface area contributed by atoms with Crippen molar-refractivity contribution in [1.29, 1.82) is 0 Å². The average Bonchev–Trinajstić information content (AvgIpc) is 3.00. The molecule has 2 atom stereocenters. The lowest BCUT2D eigenvalue weighted by Gasteiger charge is -2.14. The number of nitrogens with zero attached hydrogens (tertiary/aromatic N) is 2. The molecule has 3 rings (SSSR count). The van der Waals surface area contributed by atoms with Crippen LogP contribution < -0.4 is 0 Å². The monoisotopic (exact) mass is 424 g/mol. The molecule has 0 saturated carbocycles. The van der Waals surface area contributed by atoms with Crippen molar-refractivity contribution in [3.63, 3.8) is 0 Å². The summed E-state index contributed by atoms with van der Waals surface area (Å²) in [6.07, 6.45) is 2.48. The molecule has 0 radical (unpaired) electrons. The van der Waals surface area contributed by atoms with Crippen molar-refractivity contribution in [2.45, 2.75) is 36.9 Å². The highest BCUT2D eigenvalue weighted by atomic mass is 127. The van der Waals surface area contributed by atoms with Crippen LogP contribution in [0.5, 0.6) is 0 Å². The second-order valence-corrected chi connectivity index (χ2v) is 8.31. The van der Waals surface area contributed by atoms with Crippen molar-refractivity contribution in [2.24, 2.45) is 0 Å². The van der Waals surface area contributed by atoms with E-state index in [1.54, 1.807) is 12.1 Å². The van der Waals surface area contributed by atoms with Crippen molar-refractivity contribution < 1.29 is 4.39 Å². The minimum atomic E-state index is -0.188. The van der Waals surface area contributed by atoms with Crippen molar-refractivity contribution in [3.05, 3.63) is 27.3 Å². The van der Waals surface area contributed by atoms with Gasteiger partial charge in [-0.05, 0) is 54.2 Å². The van der Waals surface area contributed by atoms with Gasteiger partial charge in [0, 0.05) is 17.9 Å². The molecule has 0 bridgehead atoms. The topological polar surface area (TPSA) is 17.8 Å². The van der Waals surface area contributed by atoms with Gasteiger partial charge >= 0.3 is 0 Å². The lowest BCUT2D eigenvalue weighted by Crippen LogP contribution is -2.13. The second-order valence-electron chi connectivity index (χ2n) is 5.09. The third kappa shape index (κ3) is 2.81. The lowest BCUT2D eigenvalue weighted by molar-refractivity contribution is 0.610. The summed E-state index contributed by atoms with van der Waals surface area (Å²) in [5.74, 6) is 1.87. The van der Waals surface area contributed by atoms with Crippen LogP contribution in [0.25, 0.3) is 11.0 Å². The SMILES string of the molecule is CC(Cl)c1nc2cc(I)c(F)cc2n1CC1CCCS1. The number of halogens is 3. The van der Waals surface area contributed by atoms with Crippen LogP contribution in [0.3, 0.4) is 0 Å². The Balaban J connectivity index is 2.10. The van der Waals surface area contributed by atoms with E-state index < -0.39 is 0 Å². The molecular formula is C14H15ClFIN2S. The predicted molar refractivity (Wildman–Crippen MR) is 92.2 cm³/mol. The number of imidazole rings is 1. The molecule has 1 fully saturated rings. The fraction of sp³-hybridized carbons (Fsp3) is 0.500. The maximum atomic E-state index is 13.9. The Morgan fingerprint density at radius 3 is 3.05 bits per heavy atom. The van der Waals surface area contributed by atoms with E-state index in [1.165, 1.54) is 18.6 Å². The third-order valence-electron chi connectivity index (χ3n) is 3.59. The van der Waals surface area contributed by atoms with Crippen molar-refractivity contribution in [3.8, 4) is 0 Å². The Labute approximate surface area is 140 Å². The first kappa shape index (κ1) is 14.9. The van der Waals surface area contributed by atoms with E-state index >= 15 is 0 Å². The highest BCUT2D eigenvalue weighted by Crippen LogP contribution is 2.32. The molecule has 1 aliphatic heterocycles. The first-order valence-corrected chi connectivity index (χ1v) is 9.23. The normalized spacial score (nSPS) is 20.7. The molecule has 20 heavy (non-hydrogen) atoms. The summed E-state index contributed by atoms with van der Waals surface area (Å²) in [5, 5.41) is 0.415. The Morgan fingerprint density at radius 2 is 2.40 bits per heavy atom. The summed E-state index contributed by atoms with van der Waals surface area (Å²) in [7, 11) is 0. The largest absolute Gasteiger partial charge is 0.326 e. The maximum Gasteiger partial charge on any atom is 0.138 e. The summed E-state index contributed by atoms with van der Waals surface area (Å²) in [5.41, 5.74) is 1.69. The quantitative estimate of drug-likeness (QED) is 0.511. The number of alkyl halides is 1. The maximum absolute atomic E-state index is 13.9. The van der Waals surface area contributed by atoms with Crippen LogP contribution in [0.4, 0.5) is 4.39 Å². The van der Waals surface area contributed by atoms with E-state index in [0.29, 0.717) is 8.82 Å². The molecule has 0 spiro atoms. The van der Waals surface area contributed by atoms with E-state index in [4.69, 9.17) is 11.6 Å². The van der Waals surface area contributed by atoms with E-state index in [0.717, 1.165) is 23.4 Å². The van der Waals surface area contributed by atoms with Gasteiger partial charge in [-0.2, -0.15) is 11.8 Å². The number of aromatic nitrogens is 2. The van der Waals surface area contributed by atoms with Crippen LogP contribution in [0, 0.1) is 9.39 Å². The zero-order chi connectivity index (χ0) is 14.3. The smallest absolute Gasteiger partial charge is 0.138 e. The van der Waals surface area contributed by atoms with Gasteiger partial charge in [0.25, 0.3) is 0 Å². The molecule has 1 aromatic carbocycles. The summed E-state index contributed by atoms with van der Waals surface area (Å²) in [6, 6.07) is 3.39. The van der Waals surface area contributed by atoms with E-state index in [2.05, 4.69) is 9.55 Å². The summed E-state index contributed by atoms with van der Waals surface area (Å²) in [6.45, 7) is 2.79. The molecular weight excluding hydrogens is 410 g/mol. The lowest BCUT2D eigenvalue weighted by atomic mass is 10.2. The standard InChI is InChI=1S/C14H15ClFIN2S/c1-8(15)14-18-12-6-11(17)10(16)5-13(12)19(14)7-9-3-2-4-20-9/h5-6,8-9H,2-4,7H2,1H3. The number of fused-ring (bicyclic) bond motifs is 1. The molecule has 2 unspecified atom stereocenters. The minimum Gasteiger partial charge on any atom is -0.326 e. The number of rotatable bonds is 3. The van der Waals surface area contributed by atoms with Gasteiger partial charge in [-0.15, -0.1) is 11.6 Å². The molecule has 0 aliphatic carbocycles. The molecule has 1 saturated heterocycles. The Kier molecular flexibility index (Phi) is 4.48. The Morgan fingerprint density at radius 1 is 1.60 bits per heavy atom. The summed E-state index contributed by atoms with van der Waals surface area (Å²) >= 11 is 10.2. The van der Waals surface area contributed by atoms with Crippen LogP contribution in [0.15, 0.2) is 12.1 Å². The molecule has 2 nitrogen and oxygen atoms in total. The fourth-order valence-corrected chi connectivity index (χ4v) is 4.50.